The fourth-order valence-electron chi connectivity index (χ4n) is 3.60. The number of carbonyl (C=O) groups excluding carboxylic acids is 1. The quantitative estimate of drug-likeness (QED) is 0.170. The molecule has 1 N–H and O–H groups in total. The van der Waals surface area contributed by atoms with E-state index in [1.807, 2.05) is 43.3 Å². The normalized spacial score (nSPS) is 11.5. The number of rotatable bonds is 6. The zero-order chi connectivity index (χ0) is 22.0. The third-order valence-electron chi connectivity index (χ3n) is 5.16. The summed E-state index contributed by atoms with van der Waals surface area (Å²) in [5.41, 5.74) is 7.01. The highest BCUT2D eigenvalue weighted by Crippen LogP contribution is 2.31. The lowest BCUT2D eigenvalue weighted by Crippen LogP contribution is -2.19. The van der Waals surface area contributed by atoms with Crippen LogP contribution in [0.5, 0.6) is 0 Å². The molecule has 0 saturated carbocycles. The van der Waals surface area contributed by atoms with Crippen LogP contribution in [0.15, 0.2) is 65.8 Å². The van der Waals surface area contributed by atoms with E-state index in [1.54, 1.807) is 6.21 Å². The molecule has 0 unspecified atom stereocenters. The van der Waals surface area contributed by atoms with Crippen LogP contribution in [0.4, 0.5) is 5.69 Å². The third-order valence-corrected chi connectivity index (χ3v) is 6.51. The van der Waals surface area contributed by atoms with Crippen LogP contribution < -0.4 is 10.3 Å². The number of nitrogens with one attached hydrogen (secondary N) is 1. The third kappa shape index (κ3) is 5.03. The van der Waals surface area contributed by atoms with Crippen molar-refractivity contribution in [1.29, 1.82) is 0 Å². The second kappa shape index (κ2) is 9.56. The predicted octanol–water partition coefficient (Wildman–Crippen LogP) is 5.61. The van der Waals surface area contributed by atoms with Gasteiger partial charge in [-0.05, 0) is 99.3 Å². The molecule has 1 amide bonds. The van der Waals surface area contributed by atoms with Gasteiger partial charge in [0.05, 0.1) is 6.21 Å². The highest BCUT2D eigenvalue weighted by Gasteiger charge is 2.12. The molecule has 3 aromatic carbocycles. The smallest absolute Gasteiger partial charge is 0.241 e. The van der Waals surface area contributed by atoms with Crippen LogP contribution in [0, 0.1) is 7.14 Å². The summed E-state index contributed by atoms with van der Waals surface area (Å²) in [6.07, 6.45) is 2.02. The van der Waals surface area contributed by atoms with Gasteiger partial charge in [0.1, 0.15) is 0 Å². The molecule has 0 radical (unpaired) electrons. The van der Waals surface area contributed by atoms with Gasteiger partial charge in [-0.1, -0.05) is 12.1 Å². The van der Waals surface area contributed by atoms with Crippen LogP contribution in [-0.2, 0) is 11.3 Å². The number of aromatic nitrogens is 1. The van der Waals surface area contributed by atoms with Crippen molar-refractivity contribution in [1.82, 2.24) is 9.99 Å². The van der Waals surface area contributed by atoms with Crippen molar-refractivity contribution >= 4 is 84.8 Å². The summed E-state index contributed by atoms with van der Waals surface area (Å²) in [6, 6.07) is 20.9. The summed E-state index contributed by atoms with van der Waals surface area (Å²) in [4.78, 5) is 14.4. The van der Waals surface area contributed by atoms with E-state index in [0.717, 1.165) is 22.3 Å². The largest absolute Gasteiger partial charge is 0.378 e. The van der Waals surface area contributed by atoms with Gasteiger partial charge in [0.25, 0.3) is 0 Å². The van der Waals surface area contributed by atoms with Gasteiger partial charge < -0.3 is 9.47 Å². The lowest BCUT2D eigenvalue weighted by Gasteiger charge is -2.11. The molecule has 158 valence electrons. The number of aryl methyl sites for hydroxylation is 1. The molecule has 0 aliphatic carbocycles. The maximum atomic E-state index is 12.4. The molecular weight excluding hydrogens is 614 g/mol. The maximum Gasteiger partial charge on any atom is 0.241 e. The van der Waals surface area contributed by atoms with Crippen LogP contribution >= 0.6 is 45.2 Å². The highest BCUT2D eigenvalue weighted by atomic mass is 127. The van der Waals surface area contributed by atoms with Crippen LogP contribution in [-0.4, -0.2) is 30.8 Å². The van der Waals surface area contributed by atoms with Crippen molar-refractivity contribution in [2.24, 2.45) is 5.10 Å². The summed E-state index contributed by atoms with van der Waals surface area (Å²) >= 11 is 4.68. The van der Waals surface area contributed by atoms with Gasteiger partial charge in [-0.15, -0.1) is 0 Å². The average Bonchev–Trinajstić information content (AvgIpc) is 3.04. The summed E-state index contributed by atoms with van der Waals surface area (Å²) in [6.45, 7) is 0.597. The Bertz CT molecular complexity index is 1220. The Morgan fingerprint density at radius 1 is 0.968 bits per heavy atom. The number of hydrazone groups is 1. The van der Waals surface area contributed by atoms with Crippen molar-refractivity contribution in [2.75, 3.05) is 19.0 Å². The monoisotopic (exact) mass is 636 g/mol. The Kier molecular flexibility index (Phi) is 6.80. The number of nitrogens with zero attached hydrogens (tertiary/aromatic N) is 3. The number of amides is 1. The molecule has 0 saturated heterocycles. The zero-order valence-electron chi connectivity index (χ0n) is 17.3. The van der Waals surface area contributed by atoms with Crippen molar-refractivity contribution in [2.45, 2.75) is 13.0 Å². The van der Waals surface area contributed by atoms with Gasteiger partial charge in [-0.3, -0.25) is 4.79 Å². The molecule has 4 aromatic rings. The second-order valence-electron chi connectivity index (χ2n) is 7.50. The van der Waals surface area contributed by atoms with Gasteiger partial charge >= 0.3 is 0 Å². The van der Waals surface area contributed by atoms with Crippen molar-refractivity contribution in [3.63, 3.8) is 0 Å². The fraction of sp³-hybridized carbons (Fsp3) is 0.167. The first kappa shape index (κ1) is 22.1. The van der Waals surface area contributed by atoms with Crippen molar-refractivity contribution < 1.29 is 4.79 Å². The number of halogens is 2. The molecule has 31 heavy (non-hydrogen) atoms. The molecule has 4 rings (SSSR count). The topological polar surface area (TPSA) is 49.6 Å². The molecule has 5 nitrogen and oxygen atoms in total. The minimum absolute atomic E-state index is 0.104. The Hall–Kier alpha value is -2.14. The van der Waals surface area contributed by atoms with Gasteiger partial charge in [0, 0.05) is 61.7 Å². The van der Waals surface area contributed by atoms with Crippen LogP contribution in [0.3, 0.4) is 0 Å². The number of benzene rings is 3. The minimum atomic E-state index is -0.104. The minimum Gasteiger partial charge on any atom is -0.378 e. The van der Waals surface area contributed by atoms with Crippen LogP contribution in [0.25, 0.3) is 21.8 Å². The number of fused-ring (bicyclic) bond motifs is 3. The number of hydrogen-bond donors (Lipinski definition) is 1. The van der Waals surface area contributed by atoms with Gasteiger partial charge in [0.2, 0.25) is 5.91 Å². The Labute approximate surface area is 208 Å². The van der Waals surface area contributed by atoms with E-state index in [1.165, 1.54) is 17.9 Å². The molecule has 0 atom stereocenters. The molecule has 1 aromatic heterocycles. The van der Waals surface area contributed by atoms with Gasteiger partial charge in [0.15, 0.2) is 0 Å². The van der Waals surface area contributed by atoms with E-state index in [9.17, 15) is 4.79 Å². The molecule has 7 heteroatoms. The summed E-state index contributed by atoms with van der Waals surface area (Å²) in [5.74, 6) is -0.104. The van der Waals surface area contributed by atoms with Crippen LogP contribution in [0.2, 0.25) is 0 Å². The molecule has 0 fully saturated rings. The van der Waals surface area contributed by atoms with Gasteiger partial charge in [-0.2, -0.15) is 5.10 Å². The first-order chi connectivity index (χ1) is 14.9. The number of hydrogen-bond acceptors (Lipinski definition) is 3. The van der Waals surface area contributed by atoms with E-state index < -0.39 is 0 Å². The highest BCUT2D eigenvalue weighted by molar-refractivity contribution is 14.1. The lowest BCUT2D eigenvalue weighted by molar-refractivity contribution is -0.121. The fourth-order valence-corrected chi connectivity index (χ4v) is 4.58. The summed E-state index contributed by atoms with van der Waals surface area (Å²) < 4.78 is 4.63. The van der Waals surface area contributed by atoms with Crippen molar-refractivity contribution in [3.05, 3.63) is 73.4 Å². The van der Waals surface area contributed by atoms with E-state index in [0.29, 0.717) is 13.0 Å². The molecule has 1 heterocycles. The lowest BCUT2D eigenvalue weighted by atomic mass is 10.2. The molecule has 0 bridgehead atoms. The van der Waals surface area contributed by atoms with E-state index in [4.69, 9.17) is 0 Å². The molecule has 0 aliphatic rings. The summed E-state index contributed by atoms with van der Waals surface area (Å²) in [7, 11) is 4.00. The molecular formula is C24H22I2N4O. The van der Waals surface area contributed by atoms with Crippen LogP contribution in [0.1, 0.15) is 12.0 Å². The Balaban J connectivity index is 1.46. The maximum absolute atomic E-state index is 12.4. The van der Waals surface area contributed by atoms with Gasteiger partial charge in [-0.25, -0.2) is 5.43 Å². The zero-order valence-corrected chi connectivity index (χ0v) is 21.6. The second-order valence-corrected chi connectivity index (χ2v) is 9.99. The van der Waals surface area contributed by atoms with E-state index in [-0.39, 0.29) is 5.91 Å². The van der Waals surface area contributed by atoms with E-state index in [2.05, 4.69) is 96.7 Å². The predicted molar refractivity (Wildman–Crippen MR) is 146 cm³/mol. The first-order valence-corrected chi connectivity index (χ1v) is 12.0. The van der Waals surface area contributed by atoms with E-state index >= 15 is 0 Å². The Morgan fingerprint density at radius 2 is 1.55 bits per heavy atom. The SMILES string of the molecule is CN(C)c1ccc(/C=N/NC(=O)CCn2c3ccc(I)cc3c3cc(I)ccc32)cc1. The summed E-state index contributed by atoms with van der Waals surface area (Å²) in [5, 5.41) is 6.56. The van der Waals surface area contributed by atoms with Crippen molar-refractivity contribution in [3.8, 4) is 0 Å². The first-order valence-electron chi connectivity index (χ1n) is 9.89. The Morgan fingerprint density at radius 3 is 2.10 bits per heavy atom. The molecule has 0 spiro atoms. The standard InChI is InChI=1S/C24H22I2N4O/c1-29(2)19-7-3-16(4-8-19)15-27-28-24(31)11-12-30-22-9-5-17(25)13-20(22)21-14-18(26)6-10-23(21)30/h3-10,13-15H,11-12H2,1-2H3,(H,28,31)/b27-15+. The number of anilines is 1. The molecule has 0 aliphatic heterocycles. The average molecular weight is 636 g/mol. The number of carbonyl (C=O) groups is 1.